The lowest BCUT2D eigenvalue weighted by Gasteiger charge is -2.31. The van der Waals surface area contributed by atoms with Gasteiger partial charge in [0, 0.05) is 15.8 Å². The van der Waals surface area contributed by atoms with E-state index in [1.54, 1.807) is 0 Å². The molecule has 4 aromatic rings. The molecule has 1 aliphatic heterocycles. The minimum Gasteiger partial charge on any atom is -0.489 e. The number of benzene rings is 2. The van der Waals surface area contributed by atoms with Crippen LogP contribution in [0.2, 0.25) is 0 Å². The van der Waals surface area contributed by atoms with Crippen molar-refractivity contribution in [3.05, 3.63) is 82.4 Å². The summed E-state index contributed by atoms with van der Waals surface area (Å²) in [5.74, 6) is -3.02. The molecule has 0 spiro atoms. The molecule has 2 aromatic carbocycles. The van der Waals surface area contributed by atoms with Crippen molar-refractivity contribution >= 4 is 33.2 Å². The van der Waals surface area contributed by atoms with Gasteiger partial charge >= 0.3 is 6.18 Å². The summed E-state index contributed by atoms with van der Waals surface area (Å²) in [6, 6.07) is 10.6. The highest BCUT2D eigenvalue weighted by atomic mass is 32.1. The molecule has 2 aromatic heterocycles. The van der Waals surface area contributed by atoms with Gasteiger partial charge in [-0.15, -0.1) is 11.3 Å². The average molecular weight is 578 g/mol. The standard InChI is InChI=1S/C27H20F5N3O4S/c1-25(24(33)37)12-39-22-17(25)10-20(35-21(22)13-2-4-15(28)5-3-13)26(38,27(30,31)32)11-34-23(36)19-9-14-8-16(29)6-7-18(14)40-19/h2-10,38H,11-12H2,1H3,(H2,33,37)(H,34,36)/t25-,26-/m0/s1. The van der Waals surface area contributed by atoms with Gasteiger partial charge in [-0.2, -0.15) is 13.2 Å². The zero-order valence-electron chi connectivity index (χ0n) is 20.6. The molecule has 0 aliphatic carbocycles. The summed E-state index contributed by atoms with van der Waals surface area (Å²) in [6.07, 6.45) is -5.35. The van der Waals surface area contributed by atoms with E-state index in [9.17, 15) is 36.6 Å². The van der Waals surface area contributed by atoms with Crippen molar-refractivity contribution in [2.75, 3.05) is 13.2 Å². The Morgan fingerprint density at radius 1 is 1.10 bits per heavy atom. The van der Waals surface area contributed by atoms with Crippen LogP contribution in [0.15, 0.2) is 54.6 Å². The highest BCUT2D eigenvalue weighted by Crippen LogP contribution is 2.47. The van der Waals surface area contributed by atoms with E-state index < -0.39 is 52.9 Å². The van der Waals surface area contributed by atoms with Gasteiger partial charge in [0.05, 0.1) is 17.1 Å². The molecular formula is C27H20F5N3O4S. The Kier molecular flexibility index (Phi) is 6.54. The number of primary amides is 1. The number of aromatic nitrogens is 1. The van der Waals surface area contributed by atoms with Crippen molar-refractivity contribution in [3.63, 3.8) is 0 Å². The highest BCUT2D eigenvalue weighted by Gasteiger charge is 2.57. The Bertz CT molecular complexity index is 1660. The number of carbonyl (C=O) groups is 2. The number of carbonyl (C=O) groups excluding carboxylic acids is 2. The zero-order chi connectivity index (χ0) is 29.0. The normalized spacial score (nSPS) is 18.2. The fourth-order valence-corrected chi connectivity index (χ4v) is 5.32. The van der Waals surface area contributed by atoms with E-state index in [2.05, 4.69) is 10.3 Å². The fraction of sp³-hybridized carbons (Fsp3) is 0.222. The molecule has 4 N–H and O–H groups in total. The van der Waals surface area contributed by atoms with E-state index in [1.165, 1.54) is 43.3 Å². The maximum absolute atomic E-state index is 14.5. The number of fused-ring (bicyclic) bond motifs is 2. The molecule has 0 bridgehead atoms. The molecule has 208 valence electrons. The fourth-order valence-electron chi connectivity index (χ4n) is 4.36. The Morgan fingerprint density at radius 3 is 2.42 bits per heavy atom. The molecule has 2 amide bonds. The van der Waals surface area contributed by atoms with Crippen LogP contribution in [0.5, 0.6) is 5.75 Å². The second-order valence-electron chi connectivity index (χ2n) is 9.56. The number of amides is 2. The van der Waals surface area contributed by atoms with Crippen LogP contribution in [-0.4, -0.2) is 41.2 Å². The molecule has 0 unspecified atom stereocenters. The number of pyridine rings is 1. The molecule has 1 aliphatic rings. The number of nitrogens with two attached hydrogens (primary N) is 1. The van der Waals surface area contributed by atoms with Gasteiger partial charge in [0.25, 0.3) is 5.91 Å². The summed E-state index contributed by atoms with van der Waals surface area (Å²) in [5.41, 5.74) is -0.757. The lowest BCUT2D eigenvalue weighted by Crippen LogP contribution is -2.51. The first kappa shape index (κ1) is 27.5. The first-order valence-electron chi connectivity index (χ1n) is 11.7. The minimum atomic E-state index is -5.35. The van der Waals surface area contributed by atoms with Crippen molar-refractivity contribution in [2.24, 2.45) is 5.73 Å². The summed E-state index contributed by atoms with van der Waals surface area (Å²) in [4.78, 5) is 29.1. The second-order valence-corrected chi connectivity index (χ2v) is 10.6. The summed E-state index contributed by atoms with van der Waals surface area (Å²) in [6.45, 7) is -0.274. The largest absolute Gasteiger partial charge is 0.489 e. The minimum absolute atomic E-state index is 0.00579. The van der Waals surface area contributed by atoms with E-state index in [1.807, 2.05) is 0 Å². The monoisotopic (exact) mass is 577 g/mol. The molecule has 3 heterocycles. The molecule has 0 radical (unpaired) electrons. The third-order valence-electron chi connectivity index (χ3n) is 6.83. The van der Waals surface area contributed by atoms with Crippen LogP contribution >= 0.6 is 11.3 Å². The van der Waals surface area contributed by atoms with Crippen LogP contribution in [0.4, 0.5) is 22.0 Å². The second kappa shape index (κ2) is 9.52. The number of hydrogen-bond donors (Lipinski definition) is 3. The SMILES string of the molecule is C[C@]1(C(N)=O)COc2c1cc([C@@](O)(CNC(=O)c1cc3cc(F)ccc3s1)C(F)(F)F)nc2-c1ccc(F)cc1. The van der Waals surface area contributed by atoms with Crippen LogP contribution in [0.25, 0.3) is 21.3 Å². The quantitative estimate of drug-likeness (QED) is 0.291. The van der Waals surface area contributed by atoms with Crippen molar-refractivity contribution < 1.29 is 41.4 Å². The molecule has 13 heteroatoms. The molecule has 0 saturated heterocycles. The maximum atomic E-state index is 14.5. The topological polar surface area (TPSA) is 115 Å². The number of thiophene rings is 1. The number of rotatable bonds is 6. The van der Waals surface area contributed by atoms with Crippen molar-refractivity contribution in [1.29, 1.82) is 0 Å². The van der Waals surface area contributed by atoms with E-state index in [0.29, 0.717) is 10.1 Å². The summed E-state index contributed by atoms with van der Waals surface area (Å²) in [5, 5.41) is 13.6. The smallest absolute Gasteiger partial charge is 0.424 e. The highest BCUT2D eigenvalue weighted by molar-refractivity contribution is 7.20. The van der Waals surface area contributed by atoms with Gasteiger partial charge in [-0.25, -0.2) is 13.8 Å². The Hall–Kier alpha value is -4.10. The van der Waals surface area contributed by atoms with Crippen LogP contribution in [0, 0.1) is 11.6 Å². The number of halogens is 5. The van der Waals surface area contributed by atoms with E-state index in [4.69, 9.17) is 10.5 Å². The number of hydrogen-bond acceptors (Lipinski definition) is 6. The van der Waals surface area contributed by atoms with Gasteiger partial charge < -0.3 is 20.9 Å². The number of nitrogens with zero attached hydrogens (tertiary/aromatic N) is 1. The van der Waals surface area contributed by atoms with E-state index in [-0.39, 0.29) is 34.1 Å². The molecule has 2 atom stereocenters. The van der Waals surface area contributed by atoms with Crippen molar-refractivity contribution in [1.82, 2.24) is 10.3 Å². The van der Waals surface area contributed by atoms with E-state index >= 15 is 0 Å². The average Bonchev–Trinajstić information content (AvgIpc) is 3.48. The van der Waals surface area contributed by atoms with Gasteiger partial charge in [-0.05, 0) is 66.9 Å². The molecule has 40 heavy (non-hydrogen) atoms. The van der Waals surface area contributed by atoms with Crippen molar-refractivity contribution in [2.45, 2.75) is 24.1 Å². The molecule has 0 fully saturated rings. The molecule has 5 rings (SSSR count). The van der Waals surface area contributed by atoms with Crippen LogP contribution in [0.3, 0.4) is 0 Å². The lowest BCUT2D eigenvalue weighted by atomic mass is 9.81. The zero-order valence-corrected chi connectivity index (χ0v) is 21.4. The number of ether oxygens (including phenoxy) is 1. The van der Waals surface area contributed by atoms with E-state index in [0.717, 1.165) is 29.5 Å². The molecule has 0 saturated carbocycles. The summed E-state index contributed by atoms with van der Waals surface area (Å²) < 4.78 is 76.7. The number of nitrogens with one attached hydrogen (secondary N) is 1. The van der Waals surface area contributed by atoms with Gasteiger partial charge in [-0.1, -0.05) is 0 Å². The maximum Gasteiger partial charge on any atom is 0.424 e. The van der Waals surface area contributed by atoms with Gasteiger partial charge in [0.2, 0.25) is 11.5 Å². The predicted molar refractivity (Wildman–Crippen MR) is 136 cm³/mol. The third-order valence-corrected chi connectivity index (χ3v) is 7.95. The first-order chi connectivity index (χ1) is 18.7. The Morgan fingerprint density at radius 2 is 1.77 bits per heavy atom. The molecule has 7 nitrogen and oxygen atoms in total. The van der Waals surface area contributed by atoms with Crippen LogP contribution in [-0.2, 0) is 15.8 Å². The van der Waals surface area contributed by atoms with Gasteiger partial charge in [0.1, 0.15) is 35.1 Å². The summed E-state index contributed by atoms with van der Waals surface area (Å²) in [7, 11) is 0. The lowest BCUT2D eigenvalue weighted by molar-refractivity contribution is -0.265. The summed E-state index contributed by atoms with van der Waals surface area (Å²) >= 11 is 0.932. The molecular weight excluding hydrogens is 557 g/mol. The third kappa shape index (κ3) is 4.54. The first-order valence-corrected chi connectivity index (χ1v) is 12.6. The Labute approximate surface area is 227 Å². The number of alkyl halides is 3. The van der Waals surface area contributed by atoms with Gasteiger partial charge in [0.15, 0.2) is 0 Å². The van der Waals surface area contributed by atoms with Crippen LogP contribution < -0.4 is 15.8 Å². The van der Waals surface area contributed by atoms with Gasteiger partial charge in [-0.3, -0.25) is 9.59 Å². The van der Waals surface area contributed by atoms with Crippen LogP contribution in [0.1, 0.15) is 27.9 Å². The number of aliphatic hydroxyl groups is 1. The van der Waals surface area contributed by atoms with Crippen molar-refractivity contribution in [3.8, 4) is 17.0 Å². The Balaban J connectivity index is 1.58. The predicted octanol–water partition coefficient (Wildman–Crippen LogP) is 4.56.